The number of hydrogen-bond acceptors (Lipinski definition) is 0. The fraction of sp³-hybridized carbons (Fsp3) is 0.739. The van der Waals surface area contributed by atoms with Crippen molar-refractivity contribution in [3.05, 3.63) is 33.8 Å². The van der Waals surface area contributed by atoms with Crippen LogP contribution in [0.1, 0.15) is 89.5 Å². The van der Waals surface area contributed by atoms with Gasteiger partial charge in [-0.05, 0) is 25.0 Å². The Bertz CT molecular complexity index is 485. The topological polar surface area (TPSA) is 0 Å². The van der Waals surface area contributed by atoms with Gasteiger partial charge in [0.05, 0.1) is 25.7 Å². The van der Waals surface area contributed by atoms with E-state index in [4.69, 9.17) is 23.2 Å². The maximum absolute atomic E-state index is 6.32. The normalized spacial score (nSPS) is 11.9. The van der Waals surface area contributed by atoms with E-state index >= 15 is 0 Å². The third-order valence-electron chi connectivity index (χ3n) is 5.23. The van der Waals surface area contributed by atoms with Gasteiger partial charge in [-0.15, -0.1) is 0 Å². The van der Waals surface area contributed by atoms with Crippen molar-refractivity contribution in [2.75, 3.05) is 20.6 Å². The van der Waals surface area contributed by atoms with Crippen LogP contribution in [-0.4, -0.2) is 25.1 Å². The molecule has 0 aliphatic heterocycles. The number of unbranched alkanes of at least 4 members (excludes halogenated alkanes) is 11. The van der Waals surface area contributed by atoms with Crippen LogP contribution in [0.3, 0.4) is 0 Å². The molecule has 1 aromatic rings. The average molecular weight is 401 g/mol. The lowest BCUT2D eigenvalue weighted by atomic mass is 10.1. The van der Waals surface area contributed by atoms with E-state index in [0.29, 0.717) is 5.02 Å². The van der Waals surface area contributed by atoms with Crippen molar-refractivity contribution in [3.8, 4) is 0 Å². The van der Waals surface area contributed by atoms with Gasteiger partial charge in [-0.2, -0.15) is 0 Å². The Morgan fingerprint density at radius 3 is 1.73 bits per heavy atom. The summed E-state index contributed by atoms with van der Waals surface area (Å²) in [4.78, 5) is 0. The molecule has 1 nitrogen and oxygen atoms in total. The minimum absolute atomic E-state index is 0.713. The average Bonchev–Trinajstić information content (AvgIpc) is 2.58. The highest BCUT2D eigenvalue weighted by Crippen LogP contribution is 2.24. The summed E-state index contributed by atoms with van der Waals surface area (Å²) in [6.45, 7) is 4.46. The lowest BCUT2D eigenvalue weighted by molar-refractivity contribution is -0.903. The van der Waals surface area contributed by atoms with Crippen molar-refractivity contribution in [2.24, 2.45) is 0 Å². The van der Waals surface area contributed by atoms with E-state index < -0.39 is 0 Å². The Hall–Kier alpha value is -0.240. The molecule has 0 aromatic heterocycles. The van der Waals surface area contributed by atoms with Gasteiger partial charge in [0, 0.05) is 10.6 Å². The predicted molar refractivity (Wildman–Crippen MR) is 118 cm³/mol. The molecule has 0 atom stereocenters. The van der Waals surface area contributed by atoms with E-state index in [0.717, 1.165) is 16.1 Å². The van der Waals surface area contributed by atoms with Crippen LogP contribution in [-0.2, 0) is 6.54 Å². The SMILES string of the molecule is CCCCCCCCCCCCCC[N+](C)(C)Cc1ccc(Cl)cc1Cl. The second kappa shape index (κ2) is 13.9. The molecule has 1 aromatic carbocycles. The van der Waals surface area contributed by atoms with Crippen LogP contribution in [0.15, 0.2) is 18.2 Å². The number of halogens is 2. The zero-order valence-corrected chi connectivity index (χ0v) is 18.8. The summed E-state index contributed by atoms with van der Waals surface area (Å²) in [7, 11) is 4.59. The van der Waals surface area contributed by atoms with E-state index in [2.05, 4.69) is 27.1 Å². The third kappa shape index (κ3) is 11.5. The van der Waals surface area contributed by atoms with Gasteiger partial charge in [-0.25, -0.2) is 0 Å². The molecule has 0 spiro atoms. The molecular formula is C23H40Cl2N+. The summed E-state index contributed by atoms with van der Waals surface area (Å²) in [6.07, 6.45) is 16.8. The van der Waals surface area contributed by atoms with E-state index in [1.165, 1.54) is 89.2 Å². The Morgan fingerprint density at radius 1 is 0.731 bits per heavy atom. The smallest absolute Gasteiger partial charge is 0.105 e. The molecule has 0 heterocycles. The van der Waals surface area contributed by atoms with Gasteiger partial charge in [-0.1, -0.05) is 100 Å². The second-order valence-corrected chi connectivity index (χ2v) is 9.29. The van der Waals surface area contributed by atoms with Gasteiger partial charge in [0.1, 0.15) is 6.54 Å². The molecule has 0 fully saturated rings. The minimum Gasteiger partial charge on any atom is -0.325 e. The first-order valence-corrected chi connectivity index (χ1v) is 11.5. The Morgan fingerprint density at radius 2 is 1.23 bits per heavy atom. The summed E-state index contributed by atoms with van der Waals surface area (Å²) in [6, 6.07) is 5.85. The van der Waals surface area contributed by atoms with Crippen LogP contribution in [0.5, 0.6) is 0 Å². The number of quaternary nitrogens is 1. The first-order chi connectivity index (χ1) is 12.4. The lowest BCUT2D eigenvalue weighted by Crippen LogP contribution is -2.39. The number of hydrogen-bond donors (Lipinski definition) is 0. The van der Waals surface area contributed by atoms with Crippen molar-refractivity contribution in [3.63, 3.8) is 0 Å². The molecule has 0 aliphatic rings. The second-order valence-electron chi connectivity index (χ2n) is 8.44. The summed E-state index contributed by atoms with van der Waals surface area (Å²) in [5, 5.41) is 1.50. The zero-order chi connectivity index (χ0) is 19.3. The lowest BCUT2D eigenvalue weighted by Gasteiger charge is -2.30. The molecule has 0 N–H and O–H groups in total. The highest BCUT2D eigenvalue weighted by Gasteiger charge is 2.17. The molecule has 26 heavy (non-hydrogen) atoms. The molecule has 0 unspecified atom stereocenters. The van der Waals surface area contributed by atoms with Crippen LogP contribution >= 0.6 is 23.2 Å². The summed E-state index contributed by atoms with van der Waals surface area (Å²) in [5.74, 6) is 0. The molecule has 0 bridgehead atoms. The molecule has 3 heteroatoms. The van der Waals surface area contributed by atoms with Gasteiger partial charge in [0.25, 0.3) is 0 Å². The van der Waals surface area contributed by atoms with Crippen molar-refractivity contribution < 1.29 is 4.48 Å². The van der Waals surface area contributed by atoms with Gasteiger partial charge in [-0.3, -0.25) is 0 Å². The first-order valence-electron chi connectivity index (χ1n) is 10.7. The zero-order valence-electron chi connectivity index (χ0n) is 17.3. The van der Waals surface area contributed by atoms with Crippen molar-refractivity contribution in [1.82, 2.24) is 0 Å². The minimum atomic E-state index is 0.713. The van der Waals surface area contributed by atoms with Crippen LogP contribution in [0.4, 0.5) is 0 Å². The fourth-order valence-electron chi connectivity index (χ4n) is 3.57. The largest absolute Gasteiger partial charge is 0.325 e. The molecule has 150 valence electrons. The highest BCUT2D eigenvalue weighted by molar-refractivity contribution is 6.35. The predicted octanol–water partition coefficient (Wildman–Crippen LogP) is 8.27. The maximum atomic E-state index is 6.32. The van der Waals surface area contributed by atoms with Crippen LogP contribution in [0, 0.1) is 0 Å². The molecule has 1 rings (SSSR count). The Balaban J connectivity index is 2.04. The van der Waals surface area contributed by atoms with Crippen molar-refractivity contribution in [2.45, 2.75) is 90.5 Å². The molecular weight excluding hydrogens is 361 g/mol. The molecule has 0 saturated heterocycles. The standard InChI is InChI=1S/C23H40Cl2N/c1-4-5-6-7-8-9-10-11-12-13-14-15-18-26(2,3)20-21-16-17-22(24)19-23(21)25/h16-17,19H,4-15,18,20H2,1-3H3/q+1. The quantitative estimate of drug-likeness (QED) is 0.205. The maximum Gasteiger partial charge on any atom is 0.105 e. The van der Waals surface area contributed by atoms with Gasteiger partial charge in [0.2, 0.25) is 0 Å². The Kier molecular flexibility index (Phi) is 12.7. The van der Waals surface area contributed by atoms with E-state index in [1.807, 2.05) is 12.1 Å². The van der Waals surface area contributed by atoms with Gasteiger partial charge in [0.15, 0.2) is 0 Å². The number of rotatable bonds is 15. The van der Waals surface area contributed by atoms with Crippen LogP contribution in [0.25, 0.3) is 0 Å². The monoisotopic (exact) mass is 400 g/mol. The number of benzene rings is 1. The molecule has 0 amide bonds. The van der Waals surface area contributed by atoms with E-state index in [-0.39, 0.29) is 0 Å². The molecule has 0 radical (unpaired) electrons. The summed E-state index contributed by atoms with van der Waals surface area (Å²) < 4.78 is 0.985. The molecule has 0 aliphatic carbocycles. The van der Waals surface area contributed by atoms with Gasteiger partial charge >= 0.3 is 0 Å². The third-order valence-corrected chi connectivity index (χ3v) is 5.82. The summed E-state index contributed by atoms with van der Waals surface area (Å²) in [5.41, 5.74) is 1.19. The van der Waals surface area contributed by atoms with Gasteiger partial charge < -0.3 is 4.48 Å². The van der Waals surface area contributed by atoms with Crippen LogP contribution < -0.4 is 0 Å². The van der Waals surface area contributed by atoms with E-state index in [9.17, 15) is 0 Å². The Labute approximate surface area is 172 Å². The molecule has 0 saturated carbocycles. The van der Waals surface area contributed by atoms with Crippen molar-refractivity contribution >= 4 is 23.2 Å². The van der Waals surface area contributed by atoms with Crippen molar-refractivity contribution in [1.29, 1.82) is 0 Å². The van der Waals surface area contributed by atoms with E-state index in [1.54, 1.807) is 0 Å². The number of nitrogens with zero attached hydrogens (tertiary/aromatic N) is 1. The first kappa shape index (κ1) is 23.8. The highest BCUT2D eigenvalue weighted by atomic mass is 35.5. The fourth-order valence-corrected chi connectivity index (χ4v) is 4.04. The van der Waals surface area contributed by atoms with Crippen LogP contribution in [0.2, 0.25) is 10.0 Å². The summed E-state index contributed by atoms with van der Waals surface area (Å²) >= 11 is 12.3.